The van der Waals surface area contributed by atoms with Gasteiger partial charge in [0.05, 0.1) is 0 Å². The van der Waals surface area contributed by atoms with Crippen LogP contribution in [-0.4, -0.2) is 42.4 Å². The molecular formula is C9H17ClN2O. The maximum atomic E-state index is 11.5. The second-order valence-corrected chi connectivity index (χ2v) is 4.20. The normalized spacial score (nSPS) is 20.0. The average molecular weight is 205 g/mol. The van der Waals surface area contributed by atoms with Crippen LogP contribution in [0.5, 0.6) is 0 Å². The van der Waals surface area contributed by atoms with E-state index in [-0.39, 0.29) is 11.3 Å². The Kier molecular flexibility index (Phi) is 4.53. The minimum Gasteiger partial charge on any atom is -0.340 e. The first-order chi connectivity index (χ1) is 6.20. The summed E-state index contributed by atoms with van der Waals surface area (Å²) in [5.41, 5.74) is 0. The zero-order chi connectivity index (χ0) is 9.68. The molecule has 0 aliphatic carbocycles. The van der Waals surface area contributed by atoms with Gasteiger partial charge in [0.15, 0.2) is 0 Å². The first-order valence-electron chi connectivity index (χ1n) is 4.82. The van der Waals surface area contributed by atoms with Crippen molar-refractivity contribution in [1.29, 1.82) is 0 Å². The van der Waals surface area contributed by atoms with Crippen molar-refractivity contribution in [1.82, 2.24) is 10.2 Å². The number of nitrogens with zero attached hydrogens (tertiary/aromatic N) is 1. The molecule has 0 radical (unpaired) electrons. The summed E-state index contributed by atoms with van der Waals surface area (Å²) in [6.07, 6.45) is 1.37. The summed E-state index contributed by atoms with van der Waals surface area (Å²) >= 11 is 5.78. The van der Waals surface area contributed by atoms with Gasteiger partial charge in [-0.3, -0.25) is 4.79 Å². The molecule has 0 bridgehead atoms. The molecule has 76 valence electrons. The Hall–Kier alpha value is -0.280. The van der Waals surface area contributed by atoms with Crippen LogP contribution < -0.4 is 5.32 Å². The van der Waals surface area contributed by atoms with Crippen LogP contribution in [0.1, 0.15) is 19.8 Å². The summed E-state index contributed by atoms with van der Waals surface area (Å²) in [6.45, 7) is 5.45. The Morgan fingerprint density at radius 1 is 1.54 bits per heavy atom. The monoisotopic (exact) mass is 204 g/mol. The van der Waals surface area contributed by atoms with Gasteiger partial charge in [-0.15, -0.1) is 11.6 Å². The summed E-state index contributed by atoms with van der Waals surface area (Å²) in [7, 11) is 0. The van der Waals surface area contributed by atoms with Gasteiger partial charge < -0.3 is 10.2 Å². The summed E-state index contributed by atoms with van der Waals surface area (Å²) in [4.78, 5) is 13.5. The van der Waals surface area contributed by atoms with Crippen LogP contribution in [0.15, 0.2) is 0 Å². The molecule has 0 aromatic heterocycles. The topological polar surface area (TPSA) is 32.3 Å². The Balaban J connectivity index is 2.21. The molecule has 0 aromatic carbocycles. The van der Waals surface area contributed by atoms with E-state index in [0.29, 0.717) is 6.42 Å². The number of carbonyl (C=O) groups is 1. The van der Waals surface area contributed by atoms with Gasteiger partial charge >= 0.3 is 0 Å². The number of hydrogen-bond acceptors (Lipinski definition) is 2. The van der Waals surface area contributed by atoms with Crippen molar-refractivity contribution >= 4 is 17.5 Å². The highest BCUT2D eigenvalue weighted by Crippen LogP contribution is 2.06. The predicted octanol–water partition coefficient (Wildman–Crippen LogP) is 0.826. The quantitative estimate of drug-likeness (QED) is 0.691. The van der Waals surface area contributed by atoms with E-state index in [1.54, 1.807) is 0 Å². The predicted molar refractivity (Wildman–Crippen MR) is 54.0 cm³/mol. The fraction of sp³-hybridized carbons (Fsp3) is 0.889. The molecule has 1 unspecified atom stereocenters. The summed E-state index contributed by atoms with van der Waals surface area (Å²) in [5.74, 6) is 0.244. The number of rotatable bonds is 3. The van der Waals surface area contributed by atoms with Gasteiger partial charge in [0, 0.05) is 38.0 Å². The molecule has 1 aliphatic heterocycles. The smallest absolute Gasteiger partial charge is 0.222 e. The number of hydrogen-bond donors (Lipinski definition) is 1. The molecule has 1 N–H and O–H groups in total. The molecule has 3 nitrogen and oxygen atoms in total. The zero-order valence-electron chi connectivity index (χ0n) is 8.05. The molecular weight excluding hydrogens is 188 g/mol. The van der Waals surface area contributed by atoms with E-state index in [1.165, 1.54) is 0 Å². The molecule has 0 aromatic rings. The van der Waals surface area contributed by atoms with Crippen LogP contribution in [0.2, 0.25) is 0 Å². The lowest BCUT2D eigenvalue weighted by atomic mass is 10.2. The number of carbonyl (C=O) groups excluding carboxylic acids is 1. The fourth-order valence-corrected chi connectivity index (χ4v) is 1.50. The Labute approximate surface area is 84.4 Å². The number of nitrogens with one attached hydrogen (secondary N) is 1. The van der Waals surface area contributed by atoms with Gasteiger partial charge in [-0.05, 0) is 13.3 Å². The van der Waals surface area contributed by atoms with Gasteiger partial charge in [-0.1, -0.05) is 0 Å². The average Bonchev–Trinajstić information content (AvgIpc) is 2.15. The molecule has 1 fully saturated rings. The molecule has 0 spiro atoms. The van der Waals surface area contributed by atoms with E-state index in [0.717, 1.165) is 32.6 Å². The number of halogens is 1. The highest BCUT2D eigenvalue weighted by molar-refractivity contribution is 6.20. The van der Waals surface area contributed by atoms with Crippen molar-refractivity contribution in [3.63, 3.8) is 0 Å². The molecule has 4 heteroatoms. The van der Waals surface area contributed by atoms with E-state index in [1.807, 2.05) is 11.8 Å². The maximum absolute atomic E-state index is 11.5. The molecule has 0 saturated carbocycles. The highest BCUT2D eigenvalue weighted by Gasteiger charge is 2.15. The van der Waals surface area contributed by atoms with Gasteiger partial charge in [0.1, 0.15) is 0 Å². The van der Waals surface area contributed by atoms with Gasteiger partial charge in [-0.2, -0.15) is 0 Å². The van der Waals surface area contributed by atoms with Crippen LogP contribution in [0.25, 0.3) is 0 Å². The summed E-state index contributed by atoms with van der Waals surface area (Å²) < 4.78 is 0. The van der Waals surface area contributed by atoms with Crippen molar-refractivity contribution in [3.05, 3.63) is 0 Å². The third-order valence-corrected chi connectivity index (χ3v) is 2.44. The largest absolute Gasteiger partial charge is 0.340 e. The van der Waals surface area contributed by atoms with Crippen molar-refractivity contribution in [3.8, 4) is 0 Å². The summed E-state index contributed by atoms with van der Waals surface area (Å²) in [5, 5.41) is 3.32. The molecule has 1 saturated heterocycles. The third kappa shape index (κ3) is 3.96. The number of amides is 1. The van der Waals surface area contributed by atoms with Gasteiger partial charge in [-0.25, -0.2) is 0 Å². The molecule has 1 atom stereocenters. The fourth-order valence-electron chi connectivity index (χ4n) is 1.39. The van der Waals surface area contributed by atoms with Crippen LogP contribution in [0.4, 0.5) is 0 Å². The van der Waals surface area contributed by atoms with E-state index in [2.05, 4.69) is 5.32 Å². The van der Waals surface area contributed by atoms with Crippen molar-refractivity contribution < 1.29 is 4.79 Å². The molecule has 1 heterocycles. The van der Waals surface area contributed by atoms with Crippen LogP contribution >= 0.6 is 11.6 Å². The second kappa shape index (κ2) is 5.45. The van der Waals surface area contributed by atoms with E-state index in [9.17, 15) is 4.79 Å². The SMILES string of the molecule is CC(Cl)CCC(=O)N1CCNCC1. The zero-order valence-corrected chi connectivity index (χ0v) is 8.81. The first kappa shape index (κ1) is 10.8. The van der Waals surface area contributed by atoms with Crippen molar-refractivity contribution in [2.75, 3.05) is 26.2 Å². The maximum Gasteiger partial charge on any atom is 0.222 e. The molecule has 13 heavy (non-hydrogen) atoms. The second-order valence-electron chi connectivity index (χ2n) is 3.45. The highest BCUT2D eigenvalue weighted by atomic mass is 35.5. The molecule has 1 amide bonds. The lowest BCUT2D eigenvalue weighted by molar-refractivity contribution is -0.131. The third-order valence-electron chi connectivity index (χ3n) is 2.23. The Bertz CT molecular complexity index is 167. The van der Waals surface area contributed by atoms with Gasteiger partial charge in [0.25, 0.3) is 0 Å². The van der Waals surface area contributed by atoms with Crippen LogP contribution in [0.3, 0.4) is 0 Å². The summed E-state index contributed by atoms with van der Waals surface area (Å²) in [6, 6.07) is 0. The minimum absolute atomic E-state index is 0.104. The van der Waals surface area contributed by atoms with E-state index < -0.39 is 0 Å². The van der Waals surface area contributed by atoms with Crippen molar-refractivity contribution in [2.45, 2.75) is 25.1 Å². The number of piperazine rings is 1. The van der Waals surface area contributed by atoms with E-state index in [4.69, 9.17) is 11.6 Å². The first-order valence-corrected chi connectivity index (χ1v) is 5.26. The lowest BCUT2D eigenvalue weighted by Gasteiger charge is -2.27. The molecule has 1 rings (SSSR count). The Morgan fingerprint density at radius 3 is 2.69 bits per heavy atom. The minimum atomic E-state index is 0.104. The lowest BCUT2D eigenvalue weighted by Crippen LogP contribution is -2.46. The van der Waals surface area contributed by atoms with Crippen LogP contribution in [-0.2, 0) is 4.79 Å². The van der Waals surface area contributed by atoms with Gasteiger partial charge in [0.2, 0.25) is 5.91 Å². The number of alkyl halides is 1. The Morgan fingerprint density at radius 2 is 2.15 bits per heavy atom. The van der Waals surface area contributed by atoms with Crippen LogP contribution in [0, 0.1) is 0 Å². The standard InChI is InChI=1S/C9H17ClN2O/c1-8(10)2-3-9(13)12-6-4-11-5-7-12/h8,11H,2-7H2,1H3. The van der Waals surface area contributed by atoms with E-state index >= 15 is 0 Å². The van der Waals surface area contributed by atoms with Crippen molar-refractivity contribution in [2.24, 2.45) is 0 Å². The molecule has 1 aliphatic rings.